The molecular formula is C27H29FN4O5S. The van der Waals surface area contributed by atoms with Gasteiger partial charge in [-0.3, -0.25) is 13.9 Å². The van der Waals surface area contributed by atoms with Crippen molar-refractivity contribution >= 4 is 33.7 Å². The number of amides is 2. The molecule has 0 heterocycles. The van der Waals surface area contributed by atoms with Crippen LogP contribution in [0.1, 0.15) is 25.0 Å². The number of anilines is 1. The Bertz CT molecular complexity index is 1370. The summed E-state index contributed by atoms with van der Waals surface area (Å²) in [4.78, 5) is 24.3. The minimum absolute atomic E-state index is 0.00674. The Morgan fingerprint density at radius 3 is 2.21 bits per heavy atom. The van der Waals surface area contributed by atoms with E-state index in [-0.39, 0.29) is 29.1 Å². The lowest BCUT2D eigenvalue weighted by molar-refractivity contribution is -0.123. The first-order valence-corrected chi connectivity index (χ1v) is 13.2. The highest BCUT2D eigenvalue weighted by Crippen LogP contribution is 2.24. The molecule has 11 heteroatoms. The van der Waals surface area contributed by atoms with Gasteiger partial charge in [0.2, 0.25) is 0 Å². The monoisotopic (exact) mass is 540 g/mol. The summed E-state index contributed by atoms with van der Waals surface area (Å²) in [5.74, 6) is -0.975. The topological polar surface area (TPSA) is 117 Å². The van der Waals surface area contributed by atoms with Crippen LogP contribution in [0.4, 0.5) is 10.1 Å². The molecule has 3 rings (SSSR count). The molecular weight excluding hydrogens is 511 g/mol. The molecule has 3 aromatic carbocycles. The Morgan fingerprint density at radius 2 is 1.61 bits per heavy atom. The number of carbonyl (C=O) groups excluding carboxylic acids is 2. The van der Waals surface area contributed by atoms with E-state index in [0.717, 1.165) is 22.0 Å². The molecule has 200 valence electrons. The van der Waals surface area contributed by atoms with Crippen molar-refractivity contribution in [2.45, 2.75) is 31.7 Å². The van der Waals surface area contributed by atoms with Crippen molar-refractivity contribution in [3.8, 4) is 5.75 Å². The number of nitrogens with zero attached hydrogens (tertiary/aromatic N) is 2. The van der Waals surface area contributed by atoms with Gasteiger partial charge in [0.15, 0.2) is 6.61 Å². The van der Waals surface area contributed by atoms with Crippen molar-refractivity contribution in [2.24, 2.45) is 5.10 Å². The molecule has 3 aromatic rings. The quantitative estimate of drug-likeness (QED) is 0.286. The Labute approximate surface area is 221 Å². The van der Waals surface area contributed by atoms with E-state index >= 15 is 0 Å². The average Bonchev–Trinajstić information content (AvgIpc) is 2.87. The highest BCUT2D eigenvalue weighted by atomic mass is 32.2. The van der Waals surface area contributed by atoms with Crippen LogP contribution in [0.2, 0.25) is 0 Å². The molecule has 0 aliphatic rings. The zero-order valence-corrected chi connectivity index (χ0v) is 22.0. The van der Waals surface area contributed by atoms with Gasteiger partial charge in [0.1, 0.15) is 18.1 Å². The van der Waals surface area contributed by atoms with Crippen LogP contribution in [-0.4, -0.2) is 45.6 Å². The first-order chi connectivity index (χ1) is 18.0. The van der Waals surface area contributed by atoms with Gasteiger partial charge >= 0.3 is 0 Å². The number of nitrogens with one attached hydrogen (secondary N) is 2. The number of hydrazone groups is 1. The molecule has 0 saturated carbocycles. The fraction of sp³-hybridized carbons (Fsp3) is 0.222. The standard InChI is InChI=1S/C27H29FN4O5S/c1-19(2)30-27(34)18-37-24-12-6-21(7-13-24)16-29-31-26(33)17-32(23-10-8-22(28)9-11-23)38(35,36)25-14-4-20(3)5-15-25/h4-16,19H,17-18H2,1-3H3,(H,30,34)(H,31,33)/b29-16+. The fourth-order valence-electron chi connectivity index (χ4n) is 3.27. The van der Waals surface area contributed by atoms with Crippen molar-refractivity contribution in [1.29, 1.82) is 0 Å². The van der Waals surface area contributed by atoms with Crippen LogP contribution in [0, 0.1) is 12.7 Å². The highest BCUT2D eigenvalue weighted by Gasteiger charge is 2.27. The molecule has 0 spiro atoms. The van der Waals surface area contributed by atoms with Crippen LogP contribution in [-0.2, 0) is 19.6 Å². The van der Waals surface area contributed by atoms with Crippen LogP contribution in [0.15, 0.2) is 82.8 Å². The average molecular weight is 541 g/mol. The molecule has 38 heavy (non-hydrogen) atoms. The lowest BCUT2D eigenvalue weighted by Crippen LogP contribution is -2.39. The van der Waals surface area contributed by atoms with E-state index in [1.165, 1.54) is 30.5 Å². The van der Waals surface area contributed by atoms with E-state index in [0.29, 0.717) is 11.3 Å². The lowest BCUT2D eigenvalue weighted by Gasteiger charge is -2.23. The predicted octanol–water partition coefficient (Wildman–Crippen LogP) is 3.38. The van der Waals surface area contributed by atoms with Crippen molar-refractivity contribution in [1.82, 2.24) is 10.7 Å². The molecule has 9 nitrogen and oxygen atoms in total. The van der Waals surface area contributed by atoms with Gasteiger partial charge < -0.3 is 10.1 Å². The summed E-state index contributed by atoms with van der Waals surface area (Å²) in [6.45, 7) is 4.84. The maximum Gasteiger partial charge on any atom is 0.264 e. The van der Waals surface area contributed by atoms with Gasteiger partial charge in [-0.05, 0) is 87.0 Å². The van der Waals surface area contributed by atoms with Crippen molar-refractivity contribution < 1.29 is 27.1 Å². The number of hydrogen-bond donors (Lipinski definition) is 2. The minimum Gasteiger partial charge on any atom is -0.484 e. The van der Waals surface area contributed by atoms with E-state index < -0.39 is 28.3 Å². The second-order valence-electron chi connectivity index (χ2n) is 8.67. The number of carbonyl (C=O) groups is 2. The first-order valence-electron chi connectivity index (χ1n) is 11.7. The molecule has 0 aromatic heterocycles. The third-order valence-electron chi connectivity index (χ3n) is 5.11. The smallest absolute Gasteiger partial charge is 0.264 e. The summed E-state index contributed by atoms with van der Waals surface area (Å²) in [7, 11) is -4.12. The third-order valence-corrected chi connectivity index (χ3v) is 6.90. The summed E-state index contributed by atoms with van der Waals surface area (Å²) in [5, 5.41) is 6.62. The molecule has 0 atom stereocenters. The van der Waals surface area contributed by atoms with Gasteiger partial charge in [0.25, 0.3) is 21.8 Å². The van der Waals surface area contributed by atoms with Crippen LogP contribution in [0.5, 0.6) is 5.75 Å². The van der Waals surface area contributed by atoms with Crippen LogP contribution < -0.4 is 19.8 Å². The van der Waals surface area contributed by atoms with E-state index in [1.807, 2.05) is 20.8 Å². The van der Waals surface area contributed by atoms with Gasteiger partial charge in [-0.15, -0.1) is 0 Å². The Balaban J connectivity index is 1.66. The van der Waals surface area contributed by atoms with E-state index in [2.05, 4.69) is 15.8 Å². The fourth-order valence-corrected chi connectivity index (χ4v) is 4.69. The molecule has 0 aliphatic heterocycles. The van der Waals surface area contributed by atoms with Crippen LogP contribution in [0.25, 0.3) is 0 Å². The van der Waals surface area contributed by atoms with E-state index in [1.54, 1.807) is 36.4 Å². The molecule has 2 N–H and O–H groups in total. The molecule has 0 bridgehead atoms. The molecule has 0 unspecified atom stereocenters. The zero-order valence-electron chi connectivity index (χ0n) is 21.2. The third kappa shape index (κ3) is 8.13. The molecule has 0 radical (unpaired) electrons. The second-order valence-corrected chi connectivity index (χ2v) is 10.5. The SMILES string of the molecule is Cc1ccc(S(=O)(=O)N(CC(=O)N/N=C/c2ccc(OCC(=O)NC(C)C)cc2)c2ccc(F)cc2)cc1. The van der Waals surface area contributed by atoms with Gasteiger partial charge in [-0.1, -0.05) is 17.7 Å². The number of benzene rings is 3. The summed E-state index contributed by atoms with van der Waals surface area (Å²) < 4.78 is 46.4. The van der Waals surface area contributed by atoms with Crippen molar-refractivity contribution in [2.75, 3.05) is 17.5 Å². The van der Waals surface area contributed by atoms with Gasteiger partial charge in [-0.2, -0.15) is 5.10 Å². The predicted molar refractivity (Wildman–Crippen MR) is 143 cm³/mol. The largest absolute Gasteiger partial charge is 0.484 e. The number of rotatable bonds is 11. The molecule has 2 amide bonds. The number of aryl methyl sites for hydroxylation is 1. The van der Waals surface area contributed by atoms with Crippen LogP contribution >= 0.6 is 0 Å². The molecule has 0 aliphatic carbocycles. The van der Waals surface area contributed by atoms with Crippen molar-refractivity contribution in [3.05, 3.63) is 89.7 Å². The second kappa shape index (κ2) is 12.8. The zero-order chi connectivity index (χ0) is 27.7. The van der Waals surface area contributed by atoms with Gasteiger partial charge in [0.05, 0.1) is 16.8 Å². The van der Waals surface area contributed by atoms with E-state index in [4.69, 9.17) is 4.74 Å². The number of ether oxygens (including phenoxy) is 1. The van der Waals surface area contributed by atoms with E-state index in [9.17, 15) is 22.4 Å². The Morgan fingerprint density at radius 1 is 0.974 bits per heavy atom. The first kappa shape index (κ1) is 28.3. The molecule has 0 fully saturated rings. The summed E-state index contributed by atoms with van der Waals surface area (Å²) in [6.07, 6.45) is 1.38. The molecule has 0 saturated heterocycles. The Hall–Kier alpha value is -4.25. The van der Waals surface area contributed by atoms with Gasteiger partial charge in [0, 0.05) is 6.04 Å². The number of sulfonamides is 1. The van der Waals surface area contributed by atoms with Gasteiger partial charge in [-0.25, -0.2) is 18.2 Å². The Kier molecular flexibility index (Phi) is 9.55. The normalized spacial score (nSPS) is 11.4. The summed E-state index contributed by atoms with van der Waals surface area (Å²) >= 11 is 0. The number of halogens is 1. The maximum atomic E-state index is 13.5. The highest BCUT2D eigenvalue weighted by molar-refractivity contribution is 7.92. The van der Waals surface area contributed by atoms with Crippen molar-refractivity contribution in [3.63, 3.8) is 0 Å². The maximum absolute atomic E-state index is 13.5. The van der Waals surface area contributed by atoms with Crippen LogP contribution in [0.3, 0.4) is 0 Å². The minimum atomic E-state index is -4.12. The number of hydrogen-bond acceptors (Lipinski definition) is 6. The lowest BCUT2D eigenvalue weighted by atomic mass is 10.2. The summed E-state index contributed by atoms with van der Waals surface area (Å²) in [5.41, 5.74) is 3.95. The summed E-state index contributed by atoms with van der Waals surface area (Å²) in [6, 6.07) is 17.7.